The van der Waals surface area contributed by atoms with E-state index in [1.165, 1.54) is 5.56 Å². The number of ketones is 2. The molecule has 0 aliphatic rings. The topological polar surface area (TPSA) is 71.4 Å². The average molecular weight is 477 g/mol. The molecule has 0 fully saturated rings. The van der Waals surface area contributed by atoms with Gasteiger partial charge in [-0.2, -0.15) is 0 Å². The fraction of sp³-hybridized carbons (Fsp3) is 0.276. The summed E-state index contributed by atoms with van der Waals surface area (Å²) in [6.07, 6.45) is 0.867. The Balaban J connectivity index is 1.55. The smallest absolute Gasteiger partial charge is 0.306 e. The van der Waals surface area contributed by atoms with Crippen LogP contribution in [0.3, 0.4) is 0 Å². The molecule has 0 amide bonds. The van der Waals surface area contributed by atoms with Crippen molar-refractivity contribution in [3.8, 4) is 11.1 Å². The molecule has 176 valence electrons. The number of carboxylic acids is 1. The molecule has 3 aromatic carbocycles. The third-order valence-corrected chi connectivity index (χ3v) is 6.27. The van der Waals surface area contributed by atoms with E-state index in [1.807, 2.05) is 48.5 Å². The van der Waals surface area contributed by atoms with Crippen molar-refractivity contribution in [2.24, 2.45) is 5.92 Å². The summed E-state index contributed by atoms with van der Waals surface area (Å²) in [4.78, 5) is 36.9. The number of hydrogen-bond donors (Lipinski definition) is 1. The maximum absolute atomic E-state index is 12.7. The predicted molar refractivity (Wildman–Crippen MR) is 136 cm³/mol. The highest BCUT2D eigenvalue weighted by Crippen LogP contribution is 2.24. The van der Waals surface area contributed by atoms with Gasteiger partial charge in [0.05, 0.1) is 5.92 Å². The normalized spacial score (nSPS) is 11.9. The fourth-order valence-corrected chi connectivity index (χ4v) is 3.98. The molecule has 0 saturated carbocycles. The minimum Gasteiger partial charge on any atom is -0.481 e. The third-order valence-electron chi connectivity index (χ3n) is 6.02. The first-order chi connectivity index (χ1) is 16.2. The zero-order valence-corrected chi connectivity index (χ0v) is 20.2. The Morgan fingerprint density at radius 1 is 0.765 bits per heavy atom. The maximum atomic E-state index is 12.7. The van der Waals surface area contributed by atoms with Crippen LogP contribution >= 0.6 is 11.6 Å². The summed E-state index contributed by atoms with van der Waals surface area (Å²) in [5.74, 6) is -1.67. The van der Waals surface area contributed by atoms with Gasteiger partial charge in [-0.05, 0) is 47.6 Å². The van der Waals surface area contributed by atoms with Crippen molar-refractivity contribution in [1.29, 1.82) is 0 Å². The lowest BCUT2D eigenvalue weighted by Crippen LogP contribution is -2.18. The molecule has 5 heteroatoms. The molecule has 3 rings (SSSR count). The van der Waals surface area contributed by atoms with Crippen molar-refractivity contribution in [2.45, 2.75) is 45.4 Å². The van der Waals surface area contributed by atoms with Crippen LogP contribution in [0, 0.1) is 5.92 Å². The number of benzene rings is 3. The SMILES string of the molecule is CC(C)c1ccc(C(=O)CCCC(CC(=O)c2ccc(-c3ccc(Cl)cc3)cc2)C(=O)O)cc1. The van der Waals surface area contributed by atoms with E-state index >= 15 is 0 Å². The molecule has 1 N–H and O–H groups in total. The lowest BCUT2D eigenvalue weighted by molar-refractivity contribution is -0.141. The molecule has 0 aromatic heterocycles. The summed E-state index contributed by atoms with van der Waals surface area (Å²) in [7, 11) is 0. The first-order valence-electron chi connectivity index (χ1n) is 11.5. The van der Waals surface area contributed by atoms with Crippen LogP contribution in [0.2, 0.25) is 5.02 Å². The second-order valence-electron chi connectivity index (χ2n) is 8.84. The number of rotatable bonds is 11. The molecule has 0 heterocycles. The Labute approximate surface area is 205 Å². The summed E-state index contributed by atoms with van der Waals surface area (Å²) in [6, 6.07) is 22.1. The van der Waals surface area contributed by atoms with Gasteiger partial charge in [0.15, 0.2) is 11.6 Å². The molecule has 0 bridgehead atoms. The van der Waals surface area contributed by atoms with E-state index in [4.69, 9.17) is 11.6 Å². The monoisotopic (exact) mass is 476 g/mol. The van der Waals surface area contributed by atoms with Crippen LogP contribution in [-0.4, -0.2) is 22.6 Å². The summed E-state index contributed by atoms with van der Waals surface area (Å²) in [6.45, 7) is 4.19. The van der Waals surface area contributed by atoms with Crippen molar-refractivity contribution in [1.82, 2.24) is 0 Å². The van der Waals surface area contributed by atoms with Crippen molar-refractivity contribution in [3.05, 3.63) is 94.5 Å². The molecule has 0 aliphatic heterocycles. The third kappa shape index (κ3) is 6.88. The Morgan fingerprint density at radius 3 is 1.79 bits per heavy atom. The zero-order valence-electron chi connectivity index (χ0n) is 19.5. The molecule has 0 aliphatic carbocycles. The number of aliphatic carboxylic acids is 1. The Morgan fingerprint density at radius 2 is 1.26 bits per heavy atom. The largest absolute Gasteiger partial charge is 0.481 e. The highest BCUT2D eigenvalue weighted by Gasteiger charge is 2.22. The van der Waals surface area contributed by atoms with E-state index in [1.54, 1.807) is 24.3 Å². The van der Waals surface area contributed by atoms with Gasteiger partial charge in [0.2, 0.25) is 0 Å². The Hall–Kier alpha value is -3.24. The minimum absolute atomic E-state index is 0.0106. The van der Waals surface area contributed by atoms with Crippen LogP contribution in [0.5, 0.6) is 0 Å². The quantitative estimate of drug-likeness (QED) is 0.291. The van der Waals surface area contributed by atoms with Crippen LogP contribution in [0.1, 0.15) is 71.7 Å². The Bertz CT molecular complexity index is 1130. The number of hydrogen-bond acceptors (Lipinski definition) is 3. The van der Waals surface area contributed by atoms with Gasteiger partial charge in [0.25, 0.3) is 0 Å². The first-order valence-corrected chi connectivity index (χ1v) is 11.9. The van der Waals surface area contributed by atoms with Gasteiger partial charge in [0.1, 0.15) is 0 Å². The second kappa shape index (κ2) is 11.8. The van der Waals surface area contributed by atoms with Gasteiger partial charge in [-0.25, -0.2) is 0 Å². The Kier molecular flexibility index (Phi) is 8.78. The molecule has 1 unspecified atom stereocenters. The summed E-state index contributed by atoms with van der Waals surface area (Å²) in [5.41, 5.74) is 4.21. The number of halogens is 1. The van der Waals surface area contributed by atoms with Crippen LogP contribution in [0.4, 0.5) is 0 Å². The number of carboxylic acid groups (broad SMARTS) is 1. The number of carbonyl (C=O) groups excluding carboxylic acids is 2. The lowest BCUT2D eigenvalue weighted by Gasteiger charge is -2.12. The molecule has 0 saturated heterocycles. The average Bonchev–Trinajstić information content (AvgIpc) is 2.83. The van der Waals surface area contributed by atoms with Gasteiger partial charge in [-0.15, -0.1) is 0 Å². The van der Waals surface area contributed by atoms with E-state index in [0.29, 0.717) is 28.5 Å². The molecule has 3 aromatic rings. The second-order valence-corrected chi connectivity index (χ2v) is 9.28. The van der Waals surface area contributed by atoms with Gasteiger partial charge in [-0.1, -0.05) is 86.1 Å². The van der Waals surface area contributed by atoms with Crippen LogP contribution in [-0.2, 0) is 4.79 Å². The van der Waals surface area contributed by atoms with E-state index < -0.39 is 11.9 Å². The van der Waals surface area contributed by atoms with Crippen molar-refractivity contribution < 1.29 is 19.5 Å². The molecule has 34 heavy (non-hydrogen) atoms. The van der Waals surface area contributed by atoms with Gasteiger partial charge >= 0.3 is 5.97 Å². The minimum atomic E-state index is -1.01. The van der Waals surface area contributed by atoms with Crippen LogP contribution < -0.4 is 0 Å². The van der Waals surface area contributed by atoms with E-state index in [2.05, 4.69) is 13.8 Å². The molecule has 0 radical (unpaired) electrons. The maximum Gasteiger partial charge on any atom is 0.306 e. The van der Waals surface area contributed by atoms with E-state index in [-0.39, 0.29) is 30.8 Å². The lowest BCUT2D eigenvalue weighted by atomic mass is 9.91. The van der Waals surface area contributed by atoms with Gasteiger partial charge in [-0.3, -0.25) is 14.4 Å². The summed E-state index contributed by atoms with van der Waals surface area (Å²) in [5, 5.41) is 10.3. The molecule has 4 nitrogen and oxygen atoms in total. The van der Waals surface area contributed by atoms with Crippen LogP contribution in [0.25, 0.3) is 11.1 Å². The van der Waals surface area contributed by atoms with Crippen molar-refractivity contribution in [3.63, 3.8) is 0 Å². The number of carbonyl (C=O) groups is 3. The summed E-state index contributed by atoms with van der Waals surface area (Å²) >= 11 is 5.93. The molecule has 0 spiro atoms. The van der Waals surface area contributed by atoms with Crippen LogP contribution in [0.15, 0.2) is 72.8 Å². The van der Waals surface area contributed by atoms with Crippen molar-refractivity contribution in [2.75, 3.05) is 0 Å². The fourth-order valence-electron chi connectivity index (χ4n) is 3.85. The van der Waals surface area contributed by atoms with Crippen molar-refractivity contribution >= 4 is 29.1 Å². The highest BCUT2D eigenvalue weighted by atomic mass is 35.5. The highest BCUT2D eigenvalue weighted by molar-refractivity contribution is 6.30. The molecular weight excluding hydrogens is 448 g/mol. The summed E-state index contributed by atoms with van der Waals surface area (Å²) < 4.78 is 0. The van der Waals surface area contributed by atoms with E-state index in [9.17, 15) is 19.5 Å². The van der Waals surface area contributed by atoms with Gasteiger partial charge < -0.3 is 5.11 Å². The molecule has 1 atom stereocenters. The van der Waals surface area contributed by atoms with Gasteiger partial charge in [0, 0.05) is 29.0 Å². The zero-order chi connectivity index (χ0) is 24.7. The predicted octanol–water partition coefficient (Wildman–Crippen LogP) is 7.46. The number of Topliss-reactive ketones (excluding diaryl/α,β-unsaturated/α-hetero) is 2. The van der Waals surface area contributed by atoms with E-state index in [0.717, 1.165) is 11.1 Å². The standard InChI is InChI=1S/C29H29ClO4/c1-19(2)20-6-10-23(11-7-20)27(31)5-3-4-25(29(33)34)18-28(32)24-12-8-21(9-13-24)22-14-16-26(30)17-15-22/h6-17,19,25H,3-5,18H2,1-2H3,(H,33,34). The molecular formula is C29H29ClO4. The first kappa shape index (κ1) is 25.4.